The van der Waals surface area contributed by atoms with Crippen LogP contribution in [0.4, 0.5) is 17.6 Å². The summed E-state index contributed by atoms with van der Waals surface area (Å²) in [6, 6.07) is 21.7. The SMILES string of the molecule is COc1ccc(-c2ccc(CCc3ccc(-c4ccccc4)c(F)c3F)cc2)c(F)c1F. The Hall–Kier alpha value is -3.60. The molecule has 1 nitrogen and oxygen atoms in total. The molecule has 0 atom stereocenters. The van der Waals surface area contributed by atoms with Crippen LogP contribution in [0.1, 0.15) is 11.1 Å². The van der Waals surface area contributed by atoms with Crippen LogP contribution in [0.2, 0.25) is 0 Å². The van der Waals surface area contributed by atoms with Gasteiger partial charge in [0.15, 0.2) is 23.2 Å². The minimum atomic E-state index is -1.04. The van der Waals surface area contributed by atoms with Gasteiger partial charge in [-0.25, -0.2) is 13.2 Å². The maximum Gasteiger partial charge on any atom is 0.201 e. The Balaban J connectivity index is 1.50. The van der Waals surface area contributed by atoms with Gasteiger partial charge in [-0.1, -0.05) is 66.7 Å². The number of aryl methyl sites for hydroxylation is 2. The van der Waals surface area contributed by atoms with Gasteiger partial charge in [-0.15, -0.1) is 0 Å². The minimum Gasteiger partial charge on any atom is -0.494 e. The number of ether oxygens (including phenoxy) is 1. The van der Waals surface area contributed by atoms with Gasteiger partial charge in [0.05, 0.1) is 7.11 Å². The Morgan fingerprint density at radius 1 is 0.562 bits per heavy atom. The molecule has 162 valence electrons. The molecular formula is C27H20F4O. The van der Waals surface area contributed by atoms with Gasteiger partial charge in [0.25, 0.3) is 0 Å². The van der Waals surface area contributed by atoms with Gasteiger partial charge in [-0.2, -0.15) is 4.39 Å². The van der Waals surface area contributed by atoms with Gasteiger partial charge in [-0.05, 0) is 47.2 Å². The molecule has 4 aromatic rings. The van der Waals surface area contributed by atoms with Crippen LogP contribution >= 0.6 is 0 Å². The van der Waals surface area contributed by atoms with E-state index in [4.69, 9.17) is 4.74 Å². The lowest BCUT2D eigenvalue weighted by Gasteiger charge is -2.10. The van der Waals surface area contributed by atoms with Crippen LogP contribution in [0.5, 0.6) is 5.75 Å². The normalized spacial score (nSPS) is 10.9. The maximum absolute atomic E-state index is 14.6. The summed E-state index contributed by atoms with van der Waals surface area (Å²) in [7, 11) is 1.27. The molecule has 0 saturated carbocycles. The standard InChI is InChI=1S/C27H20F4O/c1-32-23-16-15-22(26(30)27(23)31)19-10-7-17(8-11-19)9-12-20-13-14-21(25(29)24(20)28)18-5-3-2-4-6-18/h2-8,10-11,13-16H,9,12H2,1H3. The zero-order valence-electron chi connectivity index (χ0n) is 17.3. The van der Waals surface area contributed by atoms with Crippen molar-refractivity contribution in [3.05, 3.63) is 113 Å². The summed E-state index contributed by atoms with van der Waals surface area (Å²) in [5, 5.41) is 0. The van der Waals surface area contributed by atoms with E-state index in [1.165, 1.54) is 19.2 Å². The van der Waals surface area contributed by atoms with E-state index in [1.54, 1.807) is 60.7 Å². The van der Waals surface area contributed by atoms with Crippen LogP contribution < -0.4 is 4.74 Å². The Morgan fingerprint density at radius 3 is 1.81 bits per heavy atom. The first kappa shape index (κ1) is 21.6. The van der Waals surface area contributed by atoms with Gasteiger partial charge in [0.1, 0.15) is 0 Å². The number of hydrogen-bond donors (Lipinski definition) is 0. The first-order valence-electron chi connectivity index (χ1n) is 10.1. The fourth-order valence-electron chi connectivity index (χ4n) is 3.67. The summed E-state index contributed by atoms with van der Waals surface area (Å²) in [5.41, 5.74) is 2.64. The van der Waals surface area contributed by atoms with Crippen LogP contribution in [0.3, 0.4) is 0 Å². The summed E-state index contributed by atoms with van der Waals surface area (Å²) in [6.07, 6.45) is 0.781. The minimum absolute atomic E-state index is 0.125. The predicted molar refractivity (Wildman–Crippen MR) is 118 cm³/mol. The third kappa shape index (κ3) is 4.24. The molecule has 4 aromatic carbocycles. The van der Waals surface area contributed by atoms with Gasteiger partial charge in [0, 0.05) is 11.1 Å². The lowest BCUT2D eigenvalue weighted by atomic mass is 9.97. The van der Waals surface area contributed by atoms with Gasteiger partial charge in [-0.3, -0.25) is 0 Å². The monoisotopic (exact) mass is 436 g/mol. The fourth-order valence-corrected chi connectivity index (χ4v) is 3.67. The quantitative estimate of drug-likeness (QED) is 0.287. The van der Waals surface area contributed by atoms with Crippen molar-refractivity contribution in [3.8, 4) is 28.0 Å². The number of methoxy groups -OCH3 is 1. The van der Waals surface area contributed by atoms with Crippen molar-refractivity contribution >= 4 is 0 Å². The molecule has 0 fully saturated rings. The molecule has 0 N–H and O–H groups in total. The second kappa shape index (κ2) is 9.27. The second-order valence-electron chi connectivity index (χ2n) is 7.41. The van der Waals surface area contributed by atoms with E-state index in [9.17, 15) is 17.6 Å². The third-order valence-corrected chi connectivity index (χ3v) is 5.46. The Labute approximate surface area is 183 Å². The van der Waals surface area contributed by atoms with Crippen LogP contribution in [0, 0.1) is 23.3 Å². The molecule has 0 aliphatic rings. The van der Waals surface area contributed by atoms with Crippen molar-refractivity contribution in [2.24, 2.45) is 0 Å². The topological polar surface area (TPSA) is 9.23 Å². The number of halogens is 4. The summed E-state index contributed by atoms with van der Waals surface area (Å²) >= 11 is 0. The average Bonchev–Trinajstić information content (AvgIpc) is 2.83. The van der Waals surface area contributed by atoms with Gasteiger partial charge in [0.2, 0.25) is 5.82 Å². The van der Waals surface area contributed by atoms with E-state index in [1.807, 2.05) is 6.07 Å². The summed E-state index contributed by atoms with van der Waals surface area (Å²) < 4.78 is 62.3. The second-order valence-corrected chi connectivity index (χ2v) is 7.41. The Kier molecular flexibility index (Phi) is 6.26. The lowest BCUT2D eigenvalue weighted by Crippen LogP contribution is -2.00. The molecule has 5 heteroatoms. The van der Waals surface area contributed by atoms with E-state index in [2.05, 4.69) is 0 Å². The highest BCUT2D eigenvalue weighted by molar-refractivity contribution is 5.66. The van der Waals surface area contributed by atoms with Crippen LogP contribution in [-0.4, -0.2) is 7.11 Å². The number of hydrogen-bond acceptors (Lipinski definition) is 1. The van der Waals surface area contributed by atoms with Crippen molar-refractivity contribution in [1.29, 1.82) is 0 Å². The van der Waals surface area contributed by atoms with Gasteiger partial charge >= 0.3 is 0 Å². The first-order chi connectivity index (χ1) is 15.5. The molecule has 0 unspecified atom stereocenters. The fraction of sp³-hybridized carbons (Fsp3) is 0.111. The van der Waals surface area contributed by atoms with E-state index in [-0.39, 0.29) is 22.4 Å². The average molecular weight is 436 g/mol. The summed E-state index contributed by atoms with van der Waals surface area (Å²) in [4.78, 5) is 0. The highest BCUT2D eigenvalue weighted by Gasteiger charge is 2.16. The van der Waals surface area contributed by atoms with E-state index in [0.29, 0.717) is 24.0 Å². The molecule has 0 aliphatic heterocycles. The molecule has 0 radical (unpaired) electrons. The molecule has 0 spiro atoms. The highest BCUT2D eigenvalue weighted by atomic mass is 19.2. The first-order valence-corrected chi connectivity index (χ1v) is 10.1. The van der Waals surface area contributed by atoms with Crippen LogP contribution in [0.15, 0.2) is 78.9 Å². The van der Waals surface area contributed by atoms with Crippen molar-refractivity contribution < 1.29 is 22.3 Å². The molecule has 0 amide bonds. The van der Waals surface area contributed by atoms with Crippen molar-refractivity contribution in [2.75, 3.05) is 7.11 Å². The molecule has 0 bridgehead atoms. The highest BCUT2D eigenvalue weighted by Crippen LogP contribution is 2.30. The largest absolute Gasteiger partial charge is 0.494 e. The zero-order valence-corrected chi connectivity index (χ0v) is 17.3. The predicted octanol–water partition coefficient (Wildman–Crippen LogP) is 7.37. The van der Waals surface area contributed by atoms with Crippen molar-refractivity contribution in [1.82, 2.24) is 0 Å². The van der Waals surface area contributed by atoms with E-state index >= 15 is 0 Å². The molecule has 0 saturated heterocycles. The third-order valence-electron chi connectivity index (χ3n) is 5.46. The van der Waals surface area contributed by atoms with Crippen LogP contribution in [-0.2, 0) is 12.8 Å². The van der Waals surface area contributed by atoms with E-state index in [0.717, 1.165) is 5.56 Å². The van der Waals surface area contributed by atoms with Gasteiger partial charge < -0.3 is 4.74 Å². The molecule has 0 aliphatic carbocycles. The molecule has 0 heterocycles. The zero-order chi connectivity index (χ0) is 22.7. The Morgan fingerprint density at radius 2 is 1.16 bits per heavy atom. The van der Waals surface area contributed by atoms with Crippen LogP contribution in [0.25, 0.3) is 22.3 Å². The van der Waals surface area contributed by atoms with Crippen molar-refractivity contribution in [2.45, 2.75) is 12.8 Å². The smallest absolute Gasteiger partial charge is 0.201 e. The molecule has 0 aromatic heterocycles. The van der Waals surface area contributed by atoms with Crippen molar-refractivity contribution in [3.63, 3.8) is 0 Å². The number of benzene rings is 4. The van der Waals surface area contributed by atoms with E-state index < -0.39 is 23.3 Å². The molecular weight excluding hydrogens is 416 g/mol. The molecule has 4 rings (SSSR count). The summed E-state index contributed by atoms with van der Waals surface area (Å²) in [5.74, 6) is -3.88. The maximum atomic E-state index is 14.6. The lowest BCUT2D eigenvalue weighted by molar-refractivity contribution is 0.372. The number of rotatable bonds is 6. The molecule has 32 heavy (non-hydrogen) atoms. The Bertz CT molecular complexity index is 1230. The summed E-state index contributed by atoms with van der Waals surface area (Å²) in [6.45, 7) is 0.